The molecule has 19 heavy (non-hydrogen) atoms. The molecule has 0 aliphatic carbocycles. The van der Waals surface area contributed by atoms with Crippen molar-refractivity contribution in [3.05, 3.63) is 47.0 Å². The Bertz CT molecular complexity index is 637. The normalized spacial score (nSPS) is 13.1. The van der Waals surface area contributed by atoms with Gasteiger partial charge in [0.25, 0.3) is 0 Å². The minimum Gasteiger partial charge on any atom is -0.486 e. The molecule has 0 aromatic heterocycles. The molecule has 0 amide bonds. The molecule has 0 fully saturated rings. The molecule has 0 atom stereocenters. The summed E-state index contributed by atoms with van der Waals surface area (Å²) in [6, 6.07) is 10.9. The number of carbonyl (C=O) groups excluding carboxylic acids is 1. The van der Waals surface area contributed by atoms with Crippen LogP contribution in [0.1, 0.15) is 10.4 Å². The number of rotatable bonds is 2. The molecule has 1 aliphatic heterocycles. The van der Waals surface area contributed by atoms with Crippen LogP contribution in [0.3, 0.4) is 0 Å². The largest absolute Gasteiger partial charge is 0.486 e. The fraction of sp³-hybridized carbons (Fsp3) is 0.133. The van der Waals surface area contributed by atoms with Gasteiger partial charge >= 0.3 is 0 Å². The number of ether oxygens (including phenoxy) is 2. The van der Waals surface area contributed by atoms with Gasteiger partial charge in [-0.05, 0) is 23.8 Å². The van der Waals surface area contributed by atoms with Gasteiger partial charge in [-0.15, -0.1) is 0 Å². The molecule has 1 aliphatic rings. The quantitative estimate of drug-likeness (QED) is 0.785. The van der Waals surface area contributed by atoms with Crippen LogP contribution < -0.4 is 9.47 Å². The zero-order valence-electron chi connectivity index (χ0n) is 10.1. The summed E-state index contributed by atoms with van der Waals surface area (Å²) in [7, 11) is 0. The van der Waals surface area contributed by atoms with Crippen molar-refractivity contribution in [3.8, 4) is 22.6 Å². The number of benzene rings is 2. The van der Waals surface area contributed by atoms with Crippen molar-refractivity contribution >= 4 is 17.9 Å². The van der Waals surface area contributed by atoms with Crippen molar-refractivity contribution < 1.29 is 14.3 Å². The van der Waals surface area contributed by atoms with Gasteiger partial charge in [0.05, 0.1) is 0 Å². The first-order valence-electron chi connectivity index (χ1n) is 5.93. The second-order valence-electron chi connectivity index (χ2n) is 4.22. The zero-order chi connectivity index (χ0) is 13.2. The van der Waals surface area contributed by atoms with Crippen LogP contribution in [0, 0.1) is 0 Å². The van der Waals surface area contributed by atoms with Crippen LogP contribution in [0.25, 0.3) is 11.1 Å². The first kappa shape index (κ1) is 12.1. The Kier molecular flexibility index (Phi) is 3.13. The van der Waals surface area contributed by atoms with Gasteiger partial charge in [0.15, 0.2) is 11.5 Å². The van der Waals surface area contributed by atoms with Crippen molar-refractivity contribution in [1.29, 1.82) is 0 Å². The van der Waals surface area contributed by atoms with Crippen LogP contribution in [-0.4, -0.2) is 19.5 Å². The van der Waals surface area contributed by atoms with Crippen molar-refractivity contribution in [1.82, 2.24) is 0 Å². The Balaban J connectivity index is 2.04. The van der Waals surface area contributed by atoms with E-state index in [4.69, 9.17) is 21.1 Å². The molecule has 0 bridgehead atoms. The lowest BCUT2D eigenvalue weighted by atomic mass is 10.0. The second-order valence-corrected chi connectivity index (χ2v) is 4.62. The summed E-state index contributed by atoms with van der Waals surface area (Å²) in [6.07, 6.45) is 0.777. The molecule has 3 nitrogen and oxygen atoms in total. The van der Waals surface area contributed by atoms with Gasteiger partial charge in [0, 0.05) is 16.1 Å². The lowest BCUT2D eigenvalue weighted by Crippen LogP contribution is -2.15. The first-order valence-corrected chi connectivity index (χ1v) is 6.30. The van der Waals surface area contributed by atoms with Crippen molar-refractivity contribution in [3.63, 3.8) is 0 Å². The number of aldehydes is 1. The third-order valence-corrected chi connectivity index (χ3v) is 3.30. The van der Waals surface area contributed by atoms with Gasteiger partial charge < -0.3 is 9.47 Å². The summed E-state index contributed by atoms with van der Waals surface area (Å²) in [6.45, 7) is 1.12. The highest BCUT2D eigenvalue weighted by molar-refractivity contribution is 6.33. The van der Waals surface area contributed by atoms with Gasteiger partial charge in [0.1, 0.15) is 19.5 Å². The van der Waals surface area contributed by atoms with Gasteiger partial charge in [-0.3, -0.25) is 4.79 Å². The average molecular weight is 275 g/mol. The highest BCUT2D eigenvalue weighted by Crippen LogP contribution is 2.36. The summed E-state index contributed by atoms with van der Waals surface area (Å²) < 4.78 is 11.0. The molecule has 2 aromatic rings. The standard InChI is InChI=1S/C15H11ClO3/c16-13-7-10(9-17)1-3-12(13)11-2-4-14-15(8-11)19-6-5-18-14/h1-4,7-9H,5-6H2. The summed E-state index contributed by atoms with van der Waals surface area (Å²) in [5.41, 5.74) is 2.36. The van der Waals surface area contributed by atoms with Gasteiger partial charge in [-0.1, -0.05) is 29.8 Å². The predicted molar refractivity (Wildman–Crippen MR) is 73.3 cm³/mol. The summed E-state index contributed by atoms with van der Waals surface area (Å²) in [5, 5.41) is 0.543. The van der Waals surface area contributed by atoms with Crippen LogP contribution in [0.2, 0.25) is 5.02 Å². The molecule has 4 heteroatoms. The smallest absolute Gasteiger partial charge is 0.161 e. The highest BCUT2D eigenvalue weighted by atomic mass is 35.5. The zero-order valence-corrected chi connectivity index (χ0v) is 10.8. The van der Waals surface area contributed by atoms with E-state index in [9.17, 15) is 4.79 Å². The van der Waals surface area contributed by atoms with E-state index in [1.165, 1.54) is 0 Å². The Labute approximate surface area is 115 Å². The Morgan fingerprint density at radius 1 is 1.00 bits per heavy atom. The maximum Gasteiger partial charge on any atom is 0.161 e. The number of halogens is 1. The molecule has 2 aromatic carbocycles. The number of fused-ring (bicyclic) bond motifs is 1. The molecule has 0 unspecified atom stereocenters. The van der Waals surface area contributed by atoms with Crippen LogP contribution in [0.4, 0.5) is 0 Å². The highest BCUT2D eigenvalue weighted by Gasteiger charge is 2.13. The third-order valence-electron chi connectivity index (χ3n) is 2.98. The van der Waals surface area contributed by atoms with E-state index in [0.717, 1.165) is 28.9 Å². The molecular weight excluding hydrogens is 264 g/mol. The molecule has 0 saturated carbocycles. The Morgan fingerprint density at radius 3 is 2.53 bits per heavy atom. The fourth-order valence-electron chi connectivity index (χ4n) is 2.05. The van der Waals surface area contributed by atoms with E-state index in [1.807, 2.05) is 24.3 Å². The van der Waals surface area contributed by atoms with Crippen LogP contribution in [0.15, 0.2) is 36.4 Å². The van der Waals surface area contributed by atoms with Crippen molar-refractivity contribution in [2.24, 2.45) is 0 Å². The Hall–Kier alpha value is -2.00. The predicted octanol–water partition coefficient (Wildman–Crippen LogP) is 3.59. The van der Waals surface area contributed by atoms with E-state index < -0.39 is 0 Å². The fourth-order valence-corrected chi connectivity index (χ4v) is 2.35. The van der Waals surface area contributed by atoms with E-state index in [1.54, 1.807) is 12.1 Å². The van der Waals surface area contributed by atoms with Crippen LogP contribution in [0.5, 0.6) is 11.5 Å². The van der Waals surface area contributed by atoms with Gasteiger partial charge in [-0.25, -0.2) is 0 Å². The Morgan fingerprint density at radius 2 is 1.79 bits per heavy atom. The van der Waals surface area contributed by atoms with Crippen LogP contribution in [-0.2, 0) is 0 Å². The third kappa shape index (κ3) is 2.29. The molecular formula is C15H11ClO3. The number of hydrogen-bond acceptors (Lipinski definition) is 3. The van der Waals surface area contributed by atoms with E-state index in [0.29, 0.717) is 23.8 Å². The monoisotopic (exact) mass is 274 g/mol. The van der Waals surface area contributed by atoms with E-state index in [2.05, 4.69) is 0 Å². The van der Waals surface area contributed by atoms with Crippen molar-refractivity contribution in [2.45, 2.75) is 0 Å². The molecule has 0 spiro atoms. The maximum absolute atomic E-state index is 10.7. The minimum atomic E-state index is 0.543. The molecule has 1 heterocycles. The summed E-state index contributed by atoms with van der Waals surface area (Å²) >= 11 is 6.19. The first-order chi connectivity index (χ1) is 9.28. The molecule has 0 radical (unpaired) electrons. The molecule has 0 saturated heterocycles. The topological polar surface area (TPSA) is 35.5 Å². The van der Waals surface area contributed by atoms with Gasteiger partial charge in [-0.2, -0.15) is 0 Å². The van der Waals surface area contributed by atoms with E-state index >= 15 is 0 Å². The minimum absolute atomic E-state index is 0.543. The van der Waals surface area contributed by atoms with Crippen molar-refractivity contribution in [2.75, 3.05) is 13.2 Å². The molecule has 96 valence electrons. The van der Waals surface area contributed by atoms with E-state index in [-0.39, 0.29) is 0 Å². The maximum atomic E-state index is 10.7. The second kappa shape index (κ2) is 4.94. The lowest BCUT2D eigenvalue weighted by Gasteiger charge is -2.19. The summed E-state index contributed by atoms with van der Waals surface area (Å²) in [4.78, 5) is 10.7. The van der Waals surface area contributed by atoms with Gasteiger partial charge in [0.2, 0.25) is 0 Å². The number of carbonyl (C=O) groups is 1. The lowest BCUT2D eigenvalue weighted by molar-refractivity contribution is 0.112. The molecule has 3 rings (SSSR count). The SMILES string of the molecule is O=Cc1ccc(-c2ccc3c(c2)OCCO3)c(Cl)c1. The summed E-state index contributed by atoms with van der Waals surface area (Å²) in [5.74, 6) is 1.47. The average Bonchev–Trinajstić information content (AvgIpc) is 2.46. The van der Waals surface area contributed by atoms with Crippen LogP contribution >= 0.6 is 11.6 Å². The number of hydrogen-bond donors (Lipinski definition) is 0. The molecule has 0 N–H and O–H groups in total.